The lowest BCUT2D eigenvalue weighted by atomic mass is 9.94. The maximum Gasteiger partial charge on any atom is 0.410 e. The molecule has 0 saturated carbocycles. The normalized spacial score (nSPS) is 19.2. The Balaban J connectivity index is 2.36. The smallest absolute Gasteiger partial charge is 0.381 e. The van der Waals surface area contributed by atoms with Crippen LogP contribution in [0.15, 0.2) is 0 Å². The summed E-state index contributed by atoms with van der Waals surface area (Å²) in [6.45, 7) is 2.66. The number of rotatable bonds is 4. The maximum atomic E-state index is 12.9. The van der Waals surface area contributed by atoms with Gasteiger partial charge in [-0.15, -0.1) is 5.10 Å². The number of nitrogens with zero attached hydrogens (tertiary/aromatic N) is 3. The van der Waals surface area contributed by atoms with Crippen LogP contribution < -0.4 is 5.32 Å². The Hall–Kier alpha value is -1.15. The van der Waals surface area contributed by atoms with E-state index in [0.717, 1.165) is 11.6 Å². The van der Waals surface area contributed by atoms with Gasteiger partial charge in [0.15, 0.2) is 0 Å². The van der Waals surface area contributed by atoms with Crippen molar-refractivity contribution in [2.45, 2.75) is 44.4 Å². The van der Waals surface area contributed by atoms with Crippen molar-refractivity contribution in [3.05, 3.63) is 11.4 Å². The molecule has 0 aromatic carbocycles. The average Bonchev–Trinajstić information content (AvgIpc) is 2.82. The number of aromatic nitrogens is 3. The summed E-state index contributed by atoms with van der Waals surface area (Å²) < 4.78 is 45.2. The van der Waals surface area contributed by atoms with E-state index >= 15 is 0 Å². The molecule has 0 amide bonds. The van der Waals surface area contributed by atoms with Gasteiger partial charge in [0.05, 0.1) is 11.4 Å². The lowest BCUT2D eigenvalue weighted by Gasteiger charge is -2.26. The van der Waals surface area contributed by atoms with Crippen LogP contribution in [0.5, 0.6) is 0 Å². The molecule has 1 aliphatic heterocycles. The van der Waals surface area contributed by atoms with Crippen LogP contribution in [-0.2, 0) is 11.3 Å². The number of ether oxygens (including phenoxy) is 1. The van der Waals surface area contributed by atoms with Gasteiger partial charge in [-0.2, -0.15) is 13.2 Å². The summed E-state index contributed by atoms with van der Waals surface area (Å²) >= 11 is 0. The van der Waals surface area contributed by atoms with E-state index in [1.165, 1.54) is 0 Å². The standard InChI is InChI=1S/C12H19F3N4O/c1-8(12(13,14)15)19-11(9-3-5-20-6-4-9)10(7-16-2)17-18-19/h8-9,16H,3-7H2,1-2H3. The van der Waals surface area contributed by atoms with Crippen LogP contribution in [0.25, 0.3) is 0 Å². The minimum Gasteiger partial charge on any atom is -0.381 e. The molecule has 0 aliphatic carbocycles. The molecule has 2 heterocycles. The highest BCUT2D eigenvalue weighted by Gasteiger charge is 2.40. The summed E-state index contributed by atoms with van der Waals surface area (Å²) in [6.07, 6.45) is -2.92. The first-order valence-corrected chi connectivity index (χ1v) is 6.68. The molecule has 5 nitrogen and oxygen atoms in total. The van der Waals surface area contributed by atoms with E-state index in [9.17, 15) is 13.2 Å². The van der Waals surface area contributed by atoms with Crippen LogP contribution in [0.2, 0.25) is 0 Å². The Morgan fingerprint density at radius 1 is 1.40 bits per heavy atom. The van der Waals surface area contributed by atoms with Crippen molar-refractivity contribution >= 4 is 0 Å². The molecule has 0 bridgehead atoms. The molecular formula is C12H19F3N4O. The van der Waals surface area contributed by atoms with Crippen LogP contribution in [0.3, 0.4) is 0 Å². The third-order valence-electron chi connectivity index (χ3n) is 3.60. The molecule has 20 heavy (non-hydrogen) atoms. The number of hydrogen-bond donors (Lipinski definition) is 1. The van der Waals surface area contributed by atoms with Gasteiger partial charge in [-0.1, -0.05) is 5.21 Å². The fourth-order valence-electron chi connectivity index (χ4n) is 2.45. The zero-order chi connectivity index (χ0) is 14.8. The molecule has 1 aliphatic rings. The highest BCUT2D eigenvalue weighted by molar-refractivity contribution is 5.17. The second kappa shape index (κ2) is 6.09. The van der Waals surface area contributed by atoms with Crippen molar-refractivity contribution < 1.29 is 17.9 Å². The first kappa shape index (κ1) is 15.2. The molecule has 2 rings (SSSR count). The molecular weight excluding hydrogens is 273 g/mol. The summed E-state index contributed by atoms with van der Waals surface area (Å²) in [5.41, 5.74) is 1.18. The number of hydrogen-bond acceptors (Lipinski definition) is 4. The van der Waals surface area contributed by atoms with E-state index in [4.69, 9.17) is 4.74 Å². The molecule has 8 heteroatoms. The van der Waals surface area contributed by atoms with Crippen molar-refractivity contribution in [1.82, 2.24) is 20.3 Å². The number of alkyl halides is 3. The summed E-state index contributed by atoms with van der Waals surface area (Å²) in [7, 11) is 1.74. The van der Waals surface area contributed by atoms with Gasteiger partial charge in [-0.3, -0.25) is 0 Å². The van der Waals surface area contributed by atoms with E-state index < -0.39 is 12.2 Å². The fraction of sp³-hybridized carbons (Fsp3) is 0.833. The molecule has 0 spiro atoms. The largest absolute Gasteiger partial charge is 0.410 e. The highest BCUT2D eigenvalue weighted by atomic mass is 19.4. The first-order chi connectivity index (χ1) is 9.45. The molecule has 1 atom stereocenters. The van der Waals surface area contributed by atoms with Gasteiger partial charge < -0.3 is 10.1 Å². The summed E-state index contributed by atoms with van der Waals surface area (Å²) in [4.78, 5) is 0. The molecule has 0 radical (unpaired) electrons. The SMILES string of the molecule is CNCc1nnn(C(C)C(F)(F)F)c1C1CCOCC1. The van der Waals surface area contributed by atoms with Gasteiger partial charge in [0.2, 0.25) is 0 Å². The zero-order valence-electron chi connectivity index (χ0n) is 11.6. The number of nitrogens with one attached hydrogen (secondary N) is 1. The Morgan fingerprint density at radius 2 is 2.05 bits per heavy atom. The molecule has 1 N–H and O–H groups in total. The maximum absolute atomic E-state index is 12.9. The van der Waals surface area contributed by atoms with Gasteiger partial charge in [-0.05, 0) is 26.8 Å². The van der Waals surface area contributed by atoms with Gasteiger partial charge in [0, 0.05) is 25.7 Å². The molecule has 114 valence electrons. The Bertz CT molecular complexity index is 440. The minimum absolute atomic E-state index is 0.0203. The van der Waals surface area contributed by atoms with Crippen LogP contribution >= 0.6 is 0 Å². The van der Waals surface area contributed by atoms with Crippen LogP contribution in [-0.4, -0.2) is 41.4 Å². The average molecular weight is 292 g/mol. The predicted molar refractivity (Wildman–Crippen MR) is 66.3 cm³/mol. The van der Waals surface area contributed by atoms with Gasteiger partial charge in [-0.25, -0.2) is 4.68 Å². The second-order valence-electron chi connectivity index (χ2n) is 5.00. The molecule has 1 aromatic rings. The summed E-state index contributed by atoms with van der Waals surface area (Å²) in [6, 6.07) is -1.67. The van der Waals surface area contributed by atoms with E-state index in [0.29, 0.717) is 44.0 Å². The third kappa shape index (κ3) is 3.12. The van der Waals surface area contributed by atoms with E-state index in [1.54, 1.807) is 7.05 Å². The van der Waals surface area contributed by atoms with E-state index in [-0.39, 0.29) is 5.92 Å². The monoisotopic (exact) mass is 292 g/mol. The van der Waals surface area contributed by atoms with Gasteiger partial charge in [0.25, 0.3) is 0 Å². The third-order valence-corrected chi connectivity index (χ3v) is 3.60. The van der Waals surface area contributed by atoms with Crippen LogP contribution in [0.1, 0.15) is 43.1 Å². The lowest BCUT2D eigenvalue weighted by molar-refractivity contribution is -0.166. The van der Waals surface area contributed by atoms with Gasteiger partial charge >= 0.3 is 6.18 Å². The van der Waals surface area contributed by atoms with Gasteiger partial charge in [0.1, 0.15) is 6.04 Å². The molecule has 1 saturated heterocycles. The Kier molecular flexibility index (Phi) is 4.64. The highest BCUT2D eigenvalue weighted by Crippen LogP contribution is 2.35. The van der Waals surface area contributed by atoms with Crippen molar-refractivity contribution in [1.29, 1.82) is 0 Å². The van der Waals surface area contributed by atoms with Crippen LogP contribution in [0, 0.1) is 0 Å². The molecule has 1 fully saturated rings. The minimum atomic E-state index is -4.33. The van der Waals surface area contributed by atoms with E-state index in [2.05, 4.69) is 15.6 Å². The quantitative estimate of drug-likeness (QED) is 0.922. The van der Waals surface area contributed by atoms with Crippen LogP contribution in [0.4, 0.5) is 13.2 Å². The zero-order valence-corrected chi connectivity index (χ0v) is 11.6. The molecule has 1 aromatic heterocycles. The summed E-state index contributed by atoms with van der Waals surface area (Å²) in [5, 5.41) is 10.6. The van der Waals surface area contributed by atoms with Crippen molar-refractivity contribution in [3.63, 3.8) is 0 Å². The van der Waals surface area contributed by atoms with Crippen molar-refractivity contribution in [3.8, 4) is 0 Å². The second-order valence-corrected chi connectivity index (χ2v) is 5.00. The van der Waals surface area contributed by atoms with Crippen molar-refractivity contribution in [2.24, 2.45) is 0 Å². The first-order valence-electron chi connectivity index (χ1n) is 6.68. The summed E-state index contributed by atoms with van der Waals surface area (Å²) in [5.74, 6) is 0.0203. The van der Waals surface area contributed by atoms with E-state index in [1.807, 2.05) is 0 Å². The topological polar surface area (TPSA) is 52.0 Å². The Morgan fingerprint density at radius 3 is 2.60 bits per heavy atom. The lowest BCUT2D eigenvalue weighted by Crippen LogP contribution is -2.28. The number of halogens is 3. The Labute approximate surface area is 115 Å². The van der Waals surface area contributed by atoms with Crippen molar-refractivity contribution in [2.75, 3.05) is 20.3 Å². The predicted octanol–water partition coefficient (Wildman–Crippen LogP) is 2.01. The fourth-order valence-corrected chi connectivity index (χ4v) is 2.45. The molecule has 1 unspecified atom stereocenters.